The molecule has 0 aliphatic carbocycles. The molecule has 2 aromatic carbocycles. The van der Waals surface area contributed by atoms with E-state index in [1.165, 1.54) is 0 Å². The molecule has 0 bridgehead atoms. The molecule has 6 nitrogen and oxygen atoms in total. The second-order valence-electron chi connectivity index (χ2n) is 6.18. The van der Waals surface area contributed by atoms with Gasteiger partial charge in [0.1, 0.15) is 0 Å². The Balaban J connectivity index is 1.54. The van der Waals surface area contributed by atoms with Crippen LogP contribution in [0.5, 0.6) is 0 Å². The molecule has 6 heteroatoms. The van der Waals surface area contributed by atoms with Crippen LogP contribution in [0.1, 0.15) is 26.3 Å². The first-order valence-electron chi connectivity index (χ1n) is 8.58. The van der Waals surface area contributed by atoms with Gasteiger partial charge in [0.25, 0.3) is 11.8 Å². The van der Waals surface area contributed by atoms with Gasteiger partial charge >= 0.3 is 0 Å². The van der Waals surface area contributed by atoms with E-state index in [9.17, 15) is 14.4 Å². The van der Waals surface area contributed by atoms with Crippen molar-refractivity contribution >= 4 is 18.2 Å². The van der Waals surface area contributed by atoms with E-state index in [4.69, 9.17) is 0 Å². The molecule has 1 aliphatic heterocycles. The highest BCUT2D eigenvalue weighted by atomic mass is 16.2. The van der Waals surface area contributed by atoms with E-state index in [0.717, 1.165) is 12.0 Å². The predicted octanol–water partition coefficient (Wildman–Crippen LogP) is 1.53. The minimum atomic E-state index is -0.126. The molecule has 2 aromatic rings. The third-order valence-electron chi connectivity index (χ3n) is 4.44. The number of nitrogens with one attached hydrogen (secondary N) is 1. The van der Waals surface area contributed by atoms with Crippen LogP contribution in [-0.2, 0) is 11.3 Å². The van der Waals surface area contributed by atoms with Gasteiger partial charge in [-0.2, -0.15) is 0 Å². The SMILES string of the molecule is O=CN1CCN(C(=O)c2ccc(CNC(=O)c3ccccc3)cc2)CC1. The van der Waals surface area contributed by atoms with Crippen LogP contribution in [0.3, 0.4) is 0 Å². The van der Waals surface area contributed by atoms with Gasteiger partial charge in [-0.1, -0.05) is 30.3 Å². The maximum absolute atomic E-state index is 12.5. The van der Waals surface area contributed by atoms with Gasteiger partial charge in [0.05, 0.1) is 0 Å². The van der Waals surface area contributed by atoms with Crippen molar-refractivity contribution in [2.24, 2.45) is 0 Å². The van der Waals surface area contributed by atoms with E-state index in [1.54, 1.807) is 34.1 Å². The van der Waals surface area contributed by atoms with Crippen LogP contribution < -0.4 is 5.32 Å². The van der Waals surface area contributed by atoms with Gasteiger partial charge in [-0.25, -0.2) is 0 Å². The highest BCUT2D eigenvalue weighted by molar-refractivity contribution is 5.95. The van der Waals surface area contributed by atoms with E-state index < -0.39 is 0 Å². The Bertz CT molecular complexity index is 767. The van der Waals surface area contributed by atoms with E-state index in [2.05, 4.69) is 5.32 Å². The van der Waals surface area contributed by atoms with E-state index in [-0.39, 0.29) is 11.8 Å². The maximum atomic E-state index is 12.5. The van der Waals surface area contributed by atoms with Gasteiger partial charge in [-0.15, -0.1) is 0 Å². The summed E-state index contributed by atoms with van der Waals surface area (Å²) >= 11 is 0. The first-order chi connectivity index (χ1) is 12.7. The molecule has 1 N–H and O–H groups in total. The van der Waals surface area contributed by atoms with Crippen molar-refractivity contribution in [3.05, 3.63) is 71.3 Å². The summed E-state index contributed by atoms with van der Waals surface area (Å²) in [6.07, 6.45) is 0.820. The van der Waals surface area contributed by atoms with Crippen LogP contribution >= 0.6 is 0 Å². The van der Waals surface area contributed by atoms with Crippen molar-refractivity contribution in [1.82, 2.24) is 15.1 Å². The van der Waals surface area contributed by atoms with E-state index >= 15 is 0 Å². The van der Waals surface area contributed by atoms with Crippen molar-refractivity contribution in [1.29, 1.82) is 0 Å². The third kappa shape index (κ3) is 4.27. The molecule has 0 radical (unpaired) electrons. The highest BCUT2D eigenvalue weighted by Gasteiger charge is 2.21. The van der Waals surface area contributed by atoms with Crippen LogP contribution in [0.25, 0.3) is 0 Å². The molecular formula is C20H21N3O3. The van der Waals surface area contributed by atoms with Crippen molar-refractivity contribution in [3.63, 3.8) is 0 Å². The Morgan fingerprint density at radius 3 is 2.15 bits per heavy atom. The molecule has 26 heavy (non-hydrogen) atoms. The second kappa shape index (κ2) is 8.29. The first kappa shape index (κ1) is 17.7. The lowest BCUT2D eigenvalue weighted by Gasteiger charge is -2.32. The van der Waals surface area contributed by atoms with Crippen LogP contribution in [0.15, 0.2) is 54.6 Å². The largest absolute Gasteiger partial charge is 0.348 e. The molecule has 3 amide bonds. The molecule has 3 rings (SSSR count). The summed E-state index contributed by atoms with van der Waals surface area (Å²) in [7, 11) is 0. The second-order valence-corrected chi connectivity index (χ2v) is 6.18. The van der Waals surface area contributed by atoms with Crippen molar-refractivity contribution in [3.8, 4) is 0 Å². The fourth-order valence-corrected chi connectivity index (χ4v) is 2.85. The minimum Gasteiger partial charge on any atom is -0.348 e. The number of piperazine rings is 1. The Morgan fingerprint density at radius 2 is 1.54 bits per heavy atom. The lowest BCUT2D eigenvalue weighted by Crippen LogP contribution is -2.48. The molecule has 1 fully saturated rings. The monoisotopic (exact) mass is 351 g/mol. The number of amides is 3. The summed E-state index contributed by atoms with van der Waals surface area (Å²) in [6.45, 7) is 2.64. The standard InChI is InChI=1S/C20H21N3O3/c24-15-22-10-12-23(13-11-22)20(26)18-8-6-16(7-9-18)14-21-19(25)17-4-2-1-3-5-17/h1-9,15H,10-14H2,(H,21,25). The molecule has 0 spiro atoms. The Morgan fingerprint density at radius 1 is 0.885 bits per heavy atom. The summed E-state index contributed by atoms with van der Waals surface area (Å²) in [5.41, 5.74) is 2.16. The Labute approximate surface area is 152 Å². The van der Waals surface area contributed by atoms with Crippen molar-refractivity contribution in [2.45, 2.75) is 6.54 Å². The van der Waals surface area contributed by atoms with Gasteiger partial charge in [-0.05, 0) is 29.8 Å². The number of nitrogens with zero attached hydrogens (tertiary/aromatic N) is 2. The fourth-order valence-electron chi connectivity index (χ4n) is 2.85. The zero-order valence-electron chi connectivity index (χ0n) is 14.4. The summed E-state index contributed by atoms with van der Waals surface area (Å²) in [6, 6.07) is 16.3. The number of benzene rings is 2. The Hall–Kier alpha value is -3.15. The van der Waals surface area contributed by atoms with Crippen molar-refractivity contribution < 1.29 is 14.4 Å². The van der Waals surface area contributed by atoms with E-state index in [1.807, 2.05) is 30.3 Å². The van der Waals surface area contributed by atoms with Crippen LogP contribution in [0.2, 0.25) is 0 Å². The molecule has 1 heterocycles. The highest BCUT2D eigenvalue weighted by Crippen LogP contribution is 2.10. The summed E-state index contributed by atoms with van der Waals surface area (Å²) in [5.74, 6) is -0.158. The summed E-state index contributed by atoms with van der Waals surface area (Å²) in [5, 5.41) is 2.87. The van der Waals surface area contributed by atoms with Gasteiger partial charge in [0.2, 0.25) is 6.41 Å². The number of carbonyl (C=O) groups excluding carboxylic acids is 3. The molecule has 1 aliphatic rings. The summed E-state index contributed by atoms with van der Waals surface area (Å²) in [4.78, 5) is 38.7. The van der Waals surface area contributed by atoms with Crippen molar-refractivity contribution in [2.75, 3.05) is 26.2 Å². The average Bonchev–Trinajstić information content (AvgIpc) is 2.72. The third-order valence-corrected chi connectivity index (χ3v) is 4.44. The Kier molecular flexibility index (Phi) is 5.63. The molecule has 0 atom stereocenters. The molecule has 0 aromatic heterocycles. The van der Waals surface area contributed by atoms with Gasteiger partial charge in [0, 0.05) is 43.9 Å². The number of hydrogen-bond acceptors (Lipinski definition) is 3. The normalized spacial score (nSPS) is 14.0. The first-order valence-corrected chi connectivity index (χ1v) is 8.58. The molecule has 0 saturated carbocycles. The van der Waals surface area contributed by atoms with Gasteiger partial charge in [0.15, 0.2) is 0 Å². The number of carbonyl (C=O) groups is 3. The van der Waals surface area contributed by atoms with Crippen LogP contribution in [0, 0.1) is 0 Å². The fraction of sp³-hybridized carbons (Fsp3) is 0.250. The molecule has 0 unspecified atom stereocenters. The molecule has 134 valence electrons. The zero-order chi connectivity index (χ0) is 18.4. The zero-order valence-corrected chi connectivity index (χ0v) is 14.4. The molecular weight excluding hydrogens is 330 g/mol. The topological polar surface area (TPSA) is 69.7 Å². The van der Waals surface area contributed by atoms with E-state index in [0.29, 0.717) is 43.9 Å². The van der Waals surface area contributed by atoms with Gasteiger partial charge in [-0.3, -0.25) is 14.4 Å². The average molecular weight is 351 g/mol. The quantitative estimate of drug-likeness (QED) is 0.831. The maximum Gasteiger partial charge on any atom is 0.253 e. The van der Waals surface area contributed by atoms with Gasteiger partial charge < -0.3 is 15.1 Å². The smallest absolute Gasteiger partial charge is 0.253 e. The number of hydrogen-bond donors (Lipinski definition) is 1. The van der Waals surface area contributed by atoms with Crippen LogP contribution in [0.4, 0.5) is 0 Å². The minimum absolute atomic E-state index is 0.0320. The lowest BCUT2D eigenvalue weighted by molar-refractivity contribution is -0.119. The van der Waals surface area contributed by atoms with Crippen LogP contribution in [-0.4, -0.2) is 54.2 Å². The predicted molar refractivity (Wildman–Crippen MR) is 97.6 cm³/mol. The lowest BCUT2D eigenvalue weighted by atomic mass is 10.1. The number of rotatable bonds is 5. The summed E-state index contributed by atoms with van der Waals surface area (Å²) < 4.78 is 0. The molecule has 1 saturated heterocycles.